The number of aryl methyl sites for hydroxylation is 2. The number of alkyl halides is 2. The fourth-order valence-corrected chi connectivity index (χ4v) is 4.96. The lowest BCUT2D eigenvalue weighted by Crippen LogP contribution is -2.18. The Morgan fingerprint density at radius 3 is 2.53 bits per heavy atom. The van der Waals surface area contributed by atoms with Crippen LogP contribution in [0.4, 0.5) is 20.2 Å². The third-order valence-electron chi connectivity index (χ3n) is 5.55. The second kappa shape index (κ2) is 9.77. The Labute approximate surface area is 206 Å². The number of aromatic nitrogens is 3. The van der Waals surface area contributed by atoms with Crippen LogP contribution in [0.5, 0.6) is 0 Å². The van der Waals surface area contributed by atoms with Crippen molar-refractivity contribution < 1.29 is 23.3 Å². The number of benzene rings is 1. The molecule has 2 amide bonds. The van der Waals surface area contributed by atoms with E-state index in [0.717, 1.165) is 11.3 Å². The molecule has 0 aliphatic heterocycles. The van der Waals surface area contributed by atoms with E-state index in [9.17, 15) is 28.5 Å². The van der Waals surface area contributed by atoms with Crippen molar-refractivity contribution in [3.63, 3.8) is 0 Å². The van der Waals surface area contributed by atoms with Crippen LogP contribution in [0.3, 0.4) is 0 Å². The smallest absolute Gasteiger partial charge is 0.312 e. The van der Waals surface area contributed by atoms with Gasteiger partial charge in [0.2, 0.25) is 5.91 Å². The molecule has 0 saturated carbocycles. The second-order valence-corrected chi connectivity index (χ2v) is 8.91. The molecule has 4 aromatic rings. The summed E-state index contributed by atoms with van der Waals surface area (Å²) in [6.07, 6.45) is -2.98. The second-order valence-electron chi connectivity index (χ2n) is 7.91. The van der Waals surface area contributed by atoms with Crippen LogP contribution in [0.2, 0.25) is 0 Å². The minimum absolute atomic E-state index is 0.0313. The van der Waals surface area contributed by atoms with E-state index in [1.807, 2.05) is 0 Å². The number of carbonyl (C=O) groups is 2. The van der Waals surface area contributed by atoms with Crippen LogP contribution in [0, 0.1) is 24.0 Å². The van der Waals surface area contributed by atoms with E-state index < -0.39 is 28.9 Å². The Morgan fingerprint density at radius 2 is 1.94 bits per heavy atom. The summed E-state index contributed by atoms with van der Waals surface area (Å²) >= 11 is 0.814. The first-order valence-corrected chi connectivity index (χ1v) is 11.5. The number of nitro groups is 1. The zero-order chi connectivity index (χ0) is 26.1. The number of thiophene rings is 1. The molecule has 0 spiro atoms. The average Bonchev–Trinajstić information content (AvgIpc) is 3.34. The van der Waals surface area contributed by atoms with Crippen molar-refractivity contribution in [1.82, 2.24) is 14.8 Å². The fraction of sp³-hybridized carbons (Fsp3) is 0.217. The minimum Gasteiger partial charge on any atom is -0.365 e. The fourth-order valence-electron chi connectivity index (χ4n) is 3.95. The van der Waals surface area contributed by atoms with Crippen molar-refractivity contribution >= 4 is 44.7 Å². The van der Waals surface area contributed by atoms with Gasteiger partial charge in [0.25, 0.3) is 12.3 Å². The van der Waals surface area contributed by atoms with Gasteiger partial charge >= 0.3 is 5.69 Å². The zero-order valence-corrected chi connectivity index (χ0v) is 19.9. The lowest BCUT2D eigenvalue weighted by Gasteiger charge is -2.11. The monoisotopic (exact) mass is 514 g/mol. The van der Waals surface area contributed by atoms with Crippen LogP contribution in [-0.4, -0.2) is 31.5 Å². The van der Waals surface area contributed by atoms with Crippen LogP contribution in [0.25, 0.3) is 21.3 Å². The van der Waals surface area contributed by atoms with E-state index in [-0.39, 0.29) is 39.7 Å². The van der Waals surface area contributed by atoms with Gasteiger partial charge in [-0.3, -0.25) is 24.4 Å². The van der Waals surface area contributed by atoms with Crippen molar-refractivity contribution in [3.8, 4) is 11.1 Å². The van der Waals surface area contributed by atoms with Gasteiger partial charge in [-0.1, -0.05) is 30.3 Å². The molecule has 0 radical (unpaired) electrons. The van der Waals surface area contributed by atoms with Crippen LogP contribution in [-0.2, 0) is 11.3 Å². The maximum atomic E-state index is 13.6. The van der Waals surface area contributed by atoms with E-state index in [1.54, 1.807) is 30.3 Å². The molecule has 3 aromatic heterocycles. The number of rotatable bonds is 8. The van der Waals surface area contributed by atoms with Crippen molar-refractivity contribution in [2.75, 3.05) is 5.32 Å². The van der Waals surface area contributed by atoms with Gasteiger partial charge in [-0.15, -0.1) is 11.3 Å². The molecule has 186 valence electrons. The first kappa shape index (κ1) is 24.9. The summed E-state index contributed by atoms with van der Waals surface area (Å²) in [7, 11) is 0. The third-order valence-corrected chi connectivity index (χ3v) is 6.65. The van der Waals surface area contributed by atoms with Crippen LogP contribution >= 0.6 is 11.3 Å². The molecule has 13 heteroatoms. The number of anilines is 1. The van der Waals surface area contributed by atoms with Crippen molar-refractivity contribution in [3.05, 3.63) is 68.5 Å². The molecule has 0 bridgehead atoms. The standard InChI is InChI=1S/C23H20F2N6O4S/c1-11-19(31(34)35)12(2)30(29-11)9-8-16(32)28-18-17-14(13-6-4-3-5-7-13)10-15(21(24)25)27-23(17)36-20(18)22(26)33/h3-7,10,21H,8-9H2,1-2H3,(H2,26,33)(H,28,32). The lowest BCUT2D eigenvalue weighted by molar-refractivity contribution is -0.386. The van der Waals surface area contributed by atoms with E-state index >= 15 is 0 Å². The number of nitrogens with zero attached hydrogens (tertiary/aromatic N) is 4. The molecule has 0 saturated heterocycles. The molecule has 0 aliphatic rings. The van der Waals surface area contributed by atoms with Gasteiger partial charge in [-0.25, -0.2) is 13.8 Å². The third kappa shape index (κ3) is 4.64. The number of nitrogens with one attached hydrogen (secondary N) is 1. The van der Waals surface area contributed by atoms with E-state index in [1.165, 1.54) is 24.6 Å². The molecule has 0 fully saturated rings. The van der Waals surface area contributed by atoms with Gasteiger partial charge in [0.1, 0.15) is 26.8 Å². The molecule has 0 atom stereocenters. The molecule has 3 N–H and O–H groups in total. The lowest BCUT2D eigenvalue weighted by atomic mass is 10.0. The zero-order valence-electron chi connectivity index (χ0n) is 19.1. The van der Waals surface area contributed by atoms with Gasteiger partial charge in [0, 0.05) is 11.8 Å². The Bertz CT molecular complexity index is 1500. The summed E-state index contributed by atoms with van der Waals surface area (Å²) in [5.74, 6) is -1.37. The quantitative estimate of drug-likeness (QED) is 0.256. The highest BCUT2D eigenvalue weighted by Gasteiger charge is 2.26. The molecule has 3 heterocycles. The normalized spacial score (nSPS) is 11.2. The molecule has 0 unspecified atom stereocenters. The maximum absolute atomic E-state index is 13.6. The summed E-state index contributed by atoms with van der Waals surface area (Å²) in [5.41, 5.74) is 6.52. The van der Waals surface area contributed by atoms with Gasteiger partial charge in [0.15, 0.2) is 0 Å². The Kier molecular flexibility index (Phi) is 6.75. The molecule has 4 rings (SSSR count). The predicted octanol–water partition coefficient (Wildman–Crippen LogP) is 4.75. The number of halogens is 2. The number of fused-ring (bicyclic) bond motifs is 1. The summed E-state index contributed by atoms with van der Waals surface area (Å²) in [6.45, 7) is 3.08. The topological polar surface area (TPSA) is 146 Å². The highest BCUT2D eigenvalue weighted by molar-refractivity contribution is 7.21. The van der Waals surface area contributed by atoms with Crippen LogP contribution < -0.4 is 11.1 Å². The molecular formula is C23H20F2N6O4S. The van der Waals surface area contributed by atoms with Crippen LogP contribution in [0.15, 0.2) is 36.4 Å². The Hall–Kier alpha value is -4.26. The number of pyridine rings is 1. The molecular weight excluding hydrogens is 494 g/mol. The molecule has 0 aliphatic carbocycles. The SMILES string of the molecule is Cc1nn(CCC(=O)Nc2c(C(N)=O)sc3nc(C(F)F)cc(-c4ccccc4)c23)c(C)c1[N+](=O)[O-]. The van der Waals surface area contributed by atoms with E-state index in [2.05, 4.69) is 15.4 Å². The summed E-state index contributed by atoms with van der Waals surface area (Å²) < 4.78 is 28.5. The Balaban J connectivity index is 1.73. The summed E-state index contributed by atoms with van der Waals surface area (Å²) in [6, 6.07) is 9.89. The van der Waals surface area contributed by atoms with Crippen molar-refractivity contribution in [2.45, 2.75) is 33.2 Å². The van der Waals surface area contributed by atoms with Gasteiger partial charge in [0.05, 0.1) is 17.2 Å². The number of primary amides is 1. The first-order chi connectivity index (χ1) is 17.1. The number of carbonyl (C=O) groups excluding carboxylic acids is 2. The Morgan fingerprint density at radius 1 is 1.25 bits per heavy atom. The van der Waals surface area contributed by atoms with Crippen LogP contribution in [0.1, 0.15) is 39.6 Å². The molecule has 1 aromatic carbocycles. The number of hydrogen-bond acceptors (Lipinski definition) is 7. The highest BCUT2D eigenvalue weighted by Crippen LogP contribution is 2.42. The van der Waals surface area contributed by atoms with Crippen molar-refractivity contribution in [1.29, 1.82) is 0 Å². The van der Waals surface area contributed by atoms with Gasteiger partial charge in [-0.2, -0.15) is 5.10 Å². The maximum Gasteiger partial charge on any atom is 0.312 e. The minimum atomic E-state index is -2.85. The largest absolute Gasteiger partial charge is 0.365 e. The average molecular weight is 515 g/mol. The number of hydrogen-bond donors (Lipinski definition) is 2. The first-order valence-electron chi connectivity index (χ1n) is 10.7. The summed E-state index contributed by atoms with van der Waals surface area (Å²) in [4.78, 5) is 39.9. The van der Waals surface area contributed by atoms with Gasteiger partial charge < -0.3 is 11.1 Å². The summed E-state index contributed by atoms with van der Waals surface area (Å²) in [5, 5.41) is 18.3. The number of amides is 2. The highest BCUT2D eigenvalue weighted by atomic mass is 32.1. The van der Waals surface area contributed by atoms with Gasteiger partial charge in [-0.05, 0) is 31.0 Å². The van der Waals surface area contributed by atoms with E-state index in [0.29, 0.717) is 22.2 Å². The molecule has 36 heavy (non-hydrogen) atoms. The van der Waals surface area contributed by atoms with E-state index in [4.69, 9.17) is 5.73 Å². The number of nitrogens with two attached hydrogens (primary N) is 1. The molecule has 10 nitrogen and oxygen atoms in total. The van der Waals surface area contributed by atoms with Crippen molar-refractivity contribution in [2.24, 2.45) is 5.73 Å². The predicted molar refractivity (Wildman–Crippen MR) is 130 cm³/mol.